The third-order valence-electron chi connectivity index (χ3n) is 3.62. The van der Waals surface area contributed by atoms with Crippen LogP contribution in [0.5, 0.6) is 0 Å². The second-order valence-electron chi connectivity index (χ2n) is 4.96. The fraction of sp³-hybridized carbons (Fsp3) is 0.0526. The Morgan fingerprint density at radius 1 is 0.905 bits per heavy atom. The van der Waals surface area contributed by atoms with Gasteiger partial charge in [-0.3, -0.25) is 4.79 Å². The maximum atomic E-state index is 11.5. The van der Waals surface area contributed by atoms with Crippen molar-refractivity contribution >= 4 is 28.8 Å². The Hall–Kier alpha value is -2.74. The number of para-hydroxylation sites is 1. The first-order valence-corrected chi connectivity index (χ1v) is 6.89. The number of fused-ring (bicyclic) bond motifs is 1. The quantitative estimate of drug-likeness (QED) is 0.407. The molecular formula is C19H16NO+. The molecule has 0 N–H and O–H groups in total. The van der Waals surface area contributed by atoms with Gasteiger partial charge >= 0.3 is 0 Å². The molecular weight excluding hydrogens is 258 g/mol. The predicted octanol–water partition coefficient (Wildman–Crippen LogP) is 3.40. The summed E-state index contributed by atoms with van der Waals surface area (Å²) in [5.41, 5.74) is 3.71. The summed E-state index contributed by atoms with van der Waals surface area (Å²) < 4.78 is 2.05. The lowest BCUT2D eigenvalue weighted by Crippen LogP contribution is -2.34. The molecule has 2 nitrogen and oxygen atoms in total. The van der Waals surface area contributed by atoms with E-state index in [9.17, 15) is 4.79 Å². The number of hydrogen-bond acceptors (Lipinski definition) is 1. The van der Waals surface area contributed by atoms with E-state index in [-0.39, 0.29) is 0 Å². The smallest absolute Gasteiger partial charge is 0.216 e. The monoisotopic (exact) mass is 274 g/mol. The molecule has 0 spiro atoms. The van der Waals surface area contributed by atoms with Crippen molar-refractivity contribution in [2.45, 2.75) is 0 Å². The zero-order chi connectivity index (χ0) is 14.7. The summed E-state index contributed by atoms with van der Waals surface area (Å²) in [6, 6.07) is 22.1. The van der Waals surface area contributed by atoms with Crippen molar-refractivity contribution in [1.29, 1.82) is 0 Å². The van der Waals surface area contributed by atoms with E-state index in [1.54, 1.807) is 0 Å². The fourth-order valence-corrected chi connectivity index (χ4v) is 2.53. The molecule has 0 aliphatic rings. The summed E-state index contributed by atoms with van der Waals surface area (Å²) in [6.07, 6.45) is 2.83. The van der Waals surface area contributed by atoms with E-state index in [2.05, 4.69) is 16.7 Å². The number of aldehydes is 1. The standard InChI is InChI=1S/C19H16NO/c1-20-18-10-6-5-9-16(18)11-12-19(20)17(14-21)13-15-7-3-2-4-8-15/h2-14H,1H3/q+1. The SMILES string of the molecule is C[n+]1c(C(C=O)=Cc2ccccc2)ccc2ccccc21. The Bertz CT molecular complexity index is 819. The average molecular weight is 274 g/mol. The second kappa shape index (κ2) is 5.71. The van der Waals surface area contributed by atoms with Crippen LogP contribution in [0.25, 0.3) is 22.6 Å². The Morgan fingerprint density at radius 3 is 2.38 bits per heavy atom. The van der Waals surface area contributed by atoms with E-state index < -0.39 is 0 Å². The van der Waals surface area contributed by atoms with Crippen LogP contribution in [0.1, 0.15) is 11.3 Å². The number of nitrogens with zero attached hydrogens (tertiary/aromatic N) is 1. The van der Waals surface area contributed by atoms with E-state index in [0.717, 1.165) is 28.4 Å². The first-order chi connectivity index (χ1) is 10.3. The molecule has 3 aromatic rings. The van der Waals surface area contributed by atoms with Gasteiger partial charge in [0.15, 0.2) is 6.29 Å². The summed E-state index contributed by atoms with van der Waals surface area (Å²) in [6.45, 7) is 0. The molecule has 0 radical (unpaired) electrons. The van der Waals surface area contributed by atoms with Crippen LogP contribution in [0.4, 0.5) is 0 Å². The summed E-state index contributed by atoms with van der Waals surface area (Å²) in [5.74, 6) is 0. The van der Waals surface area contributed by atoms with Crippen LogP contribution >= 0.6 is 0 Å². The lowest BCUT2D eigenvalue weighted by atomic mass is 10.1. The summed E-state index contributed by atoms with van der Waals surface area (Å²) >= 11 is 0. The van der Waals surface area contributed by atoms with Crippen molar-refractivity contribution < 1.29 is 9.36 Å². The van der Waals surface area contributed by atoms with E-state index in [1.165, 1.54) is 0 Å². The number of pyridine rings is 1. The first-order valence-electron chi connectivity index (χ1n) is 6.89. The van der Waals surface area contributed by atoms with Crippen LogP contribution in [-0.2, 0) is 11.8 Å². The highest BCUT2D eigenvalue weighted by atomic mass is 16.1. The molecule has 0 aliphatic heterocycles. The number of aryl methyl sites for hydroxylation is 1. The third-order valence-corrected chi connectivity index (χ3v) is 3.62. The summed E-state index contributed by atoms with van der Waals surface area (Å²) in [4.78, 5) is 11.5. The highest BCUT2D eigenvalue weighted by molar-refractivity contribution is 6.12. The number of benzene rings is 2. The Kier molecular flexibility index (Phi) is 3.61. The number of aromatic nitrogens is 1. The van der Waals surface area contributed by atoms with Gasteiger partial charge in [0, 0.05) is 17.5 Å². The number of carbonyl (C=O) groups excluding carboxylic acids is 1. The summed E-state index contributed by atoms with van der Waals surface area (Å²) in [5, 5.41) is 1.16. The van der Waals surface area contributed by atoms with Crippen molar-refractivity contribution in [2.75, 3.05) is 0 Å². The molecule has 2 heteroatoms. The van der Waals surface area contributed by atoms with Gasteiger partial charge in [-0.1, -0.05) is 42.5 Å². The second-order valence-corrected chi connectivity index (χ2v) is 4.96. The normalized spacial score (nSPS) is 11.6. The van der Waals surface area contributed by atoms with Crippen molar-refractivity contribution in [3.05, 3.63) is 78.0 Å². The zero-order valence-corrected chi connectivity index (χ0v) is 11.9. The molecule has 0 fully saturated rings. The van der Waals surface area contributed by atoms with E-state index >= 15 is 0 Å². The number of rotatable bonds is 3. The van der Waals surface area contributed by atoms with Crippen LogP contribution < -0.4 is 4.57 Å². The number of hydrogen-bond donors (Lipinski definition) is 0. The van der Waals surface area contributed by atoms with Crippen LogP contribution in [-0.4, -0.2) is 6.29 Å². The van der Waals surface area contributed by atoms with Crippen molar-refractivity contribution in [3.63, 3.8) is 0 Å². The van der Waals surface area contributed by atoms with Crippen molar-refractivity contribution in [1.82, 2.24) is 0 Å². The van der Waals surface area contributed by atoms with Gasteiger partial charge in [-0.2, -0.15) is 4.57 Å². The molecule has 102 valence electrons. The minimum absolute atomic E-state index is 0.675. The Labute approximate surface area is 124 Å². The topological polar surface area (TPSA) is 20.9 Å². The zero-order valence-electron chi connectivity index (χ0n) is 11.9. The van der Waals surface area contributed by atoms with Gasteiger partial charge in [-0.15, -0.1) is 0 Å². The van der Waals surface area contributed by atoms with Gasteiger partial charge in [0.2, 0.25) is 11.2 Å². The molecule has 0 saturated heterocycles. The van der Waals surface area contributed by atoms with Gasteiger partial charge in [0.25, 0.3) is 0 Å². The first kappa shape index (κ1) is 13.3. The molecule has 2 aromatic carbocycles. The van der Waals surface area contributed by atoms with Gasteiger partial charge in [0.1, 0.15) is 7.05 Å². The molecule has 0 bridgehead atoms. The van der Waals surface area contributed by atoms with Crippen molar-refractivity contribution in [3.8, 4) is 0 Å². The number of allylic oxidation sites excluding steroid dienone is 1. The van der Waals surface area contributed by atoms with Gasteiger partial charge in [-0.05, 0) is 23.8 Å². The highest BCUT2D eigenvalue weighted by Crippen LogP contribution is 2.17. The fourth-order valence-electron chi connectivity index (χ4n) is 2.53. The molecule has 0 amide bonds. The van der Waals surface area contributed by atoms with Gasteiger partial charge in [0.05, 0.1) is 5.57 Å². The average Bonchev–Trinajstić information content (AvgIpc) is 2.55. The minimum atomic E-state index is 0.675. The van der Waals surface area contributed by atoms with E-state index in [1.807, 2.05) is 67.7 Å². The molecule has 3 rings (SSSR count). The predicted molar refractivity (Wildman–Crippen MR) is 85.5 cm³/mol. The van der Waals surface area contributed by atoms with Crippen LogP contribution in [0.2, 0.25) is 0 Å². The lowest BCUT2D eigenvalue weighted by molar-refractivity contribution is -0.647. The molecule has 1 heterocycles. The molecule has 0 saturated carbocycles. The largest absolute Gasteiger partial charge is 0.298 e. The van der Waals surface area contributed by atoms with E-state index in [4.69, 9.17) is 0 Å². The minimum Gasteiger partial charge on any atom is -0.298 e. The Balaban J connectivity index is 2.16. The van der Waals surface area contributed by atoms with Crippen LogP contribution in [0.15, 0.2) is 66.7 Å². The van der Waals surface area contributed by atoms with Gasteiger partial charge < -0.3 is 0 Å². The molecule has 0 atom stereocenters. The molecule has 0 unspecified atom stereocenters. The van der Waals surface area contributed by atoms with Crippen LogP contribution in [0, 0.1) is 0 Å². The lowest BCUT2D eigenvalue weighted by Gasteiger charge is -2.03. The highest BCUT2D eigenvalue weighted by Gasteiger charge is 2.15. The third kappa shape index (κ3) is 2.61. The van der Waals surface area contributed by atoms with Gasteiger partial charge in [-0.25, -0.2) is 0 Å². The molecule has 1 aromatic heterocycles. The van der Waals surface area contributed by atoms with Crippen LogP contribution in [0.3, 0.4) is 0 Å². The molecule has 0 aliphatic carbocycles. The molecule has 21 heavy (non-hydrogen) atoms. The Morgan fingerprint density at radius 2 is 1.62 bits per heavy atom. The maximum Gasteiger partial charge on any atom is 0.216 e. The van der Waals surface area contributed by atoms with Crippen molar-refractivity contribution in [2.24, 2.45) is 7.05 Å². The summed E-state index contributed by atoms with van der Waals surface area (Å²) in [7, 11) is 1.99. The number of carbonyl (C=O) groups is 1. The maximum absolute atomic E-state index is 11.5. The van der Waals surface area contributed by atoms with E-state index in [0.29, 0.717) is 5.57 Å².